The highest BCUT2D eigenvalue weighted by atomic mass is 16.2. The molecule has 2 fully saturated rings. The minimum atomic E-state index is 0.160. The molecule has 3 atom stereocenters. The van der Waals surface area contributed by atoms with Crippen LogP contribution in [0.4, 0.5) is 5.69 Å². The van der Waals surface area contributed by atoms with E-state index in [4.69, 9.17) is 5.73 Å². The molecule has 4 nitrogen and oxygen atoms in total. The first-order valence-corrected chi connectivity index (χ1v) is 7.80. The number of fused-ring (bicyclic) bond motifs is 1. The Balaban J connectivity index is 1.85. The van der Waals surface area contributed by atoms with Crippen molar-refractivity contribution in [1.82, 2.24) is 9.47 Å². The smallest absolute Gasteiger partial charge is 0.270 e. The fraction of sp³-hybridized carbons (Fsp3) is 0.688. The van der Waals surface area contributed by atoms with E-state index in [0.717, 1.165) is 24.6 Å². The zero-order valence-electron chi connectivity index (χ0n) is 12.5. The number of aromatic nitrogens is 1. The highest BCUT2D eigenvalue weighted by Gasteiger charge is 2.40. The summed E-state index contributed by atoms with van der Waals surface area (Å²) in [7, 11) is 1.90. The van der Waals surface area contributed by atoms with E-state index in [2.05, 4.69) is 11.8 Å². The van der Waals surface area contributed by atoms with E-state index >= 15 is 0 Å². The second-order valence-corrected chi connectivity index (χ2v) is 6.55. The van der Waals surface area contributed by atoms with Crippen molar-refractivity contribution >= 4 is 11.6 Å². The van der Waals surface area contributed by atoms with Crippen LogP contribution in [0.15, 0.2) is 12.3 Å². The molecule has 4 heteroatoms. The molecule has 2 N–H and O–H groups in total. The van der Waals surface area contributed by atoms with Gasteiger partial charge in [-0.1, -0.05) is 19.8 Å². The maximum atomic E-state index is 12.8. The third-order valence-corrected chi connectivity index (χ3v) is 5.24. The number of nitrogen functional groups attached to an aromatic ring is 1. The van der Waals surface area contributed by atoms with Crippen molar-refractivity contribution in [3.8, 4) is 0 Å². The lowest BCUT2D eigenvalue weighted by Crippen LogP contribution is -2.52. The summed E-state index contributed by atoms with van der Waals surface area (Å²) in [5.74, 6) is 1.61. The quantitative estimate of drug-likeness (QED) is 0.856. The number of nitrogens with zero attached hydrogens (tertiary/aromatic N) is 2. The first-order chi connectivity index (χ1) is 9.58. The van der Waals surface area contributed by atoms with Crippen molar-refractivity contribution < 1.29 is 4.79 Å². The Morgan fingerprint density at radius 2 is 2.05 bits per heavy atom. The number of likely N-dealkylation sites (tertiary alicyclic amines) is 1. The van der Waals surface area contributed by atoms with Gasteiger partial charge >= 0.3 is 0 Å². The Morgan fingerprint density at radius 3 is 2.75 bits per heavy atom. The van der Waals surface area contributed by atoms with Gasteiger partial charge in [-0.3, -0.25) is 4.79 Å². The van der Waals surface area contributed by atoms with Gasteiger partial charge in [0.25, 0.3) is 5.91 Å². The minimum absolute atomic E-state index is 0.160. The van der Waals surface area contributed by atoms with E-state index in [9.17, 15) is 4.79 Å². The average molecular weight is 275 g/mol. The molecule has 1 saturated heterocycles. The Bertz CT molecular complexity index is 508. The third kappa shape index (κ3) is 2.21. The molecule has 1 aliphatic heterocycles. The van der Waals surface area contributed by atoms with Gasteiger partial charge in [-0.25, -0.2) is 0 Å². The molecular weight excluding hydrogens is 250 g/mol. The Morgan fingerprint density at radius 1 is 1.30 bits per heavy atom. The van der Waals surface area contributed by atoms with Crippen LogP contribution >= 0.6 is 0 Å². The van der Waals surface area contributed by atoms with Crippen molar-refractivity contribution in [3.63, 3.8) is 0 Å². The van der Waals surface area contributed by atoms with E-state index < -0.39 is 0 Å². The molecule has 0 bridgehead atoms. The summed E-state index contributed by atoms with van der Waals surface area (Å²) < 4.78 is 1.85. The van der Waals surface area contributed by atoms with E-state index in [1.54, 1.807) is 6.07 Å². The molecule has 0 spiro atoms. The van der Waals surface area contributed by atoms with Gasteiger partial charge in [-0.05, 0) is 37.2 Å². The van der Waals surface area contributed by atoms with E-state index in [0.29, 0.717) is 17.6 Å². The first-order valence-electron chi connectivity index (χ1n) is 7.80. The van der Waals surface area contributed by atoms with Gasteiger partial charge in [0.2, 0.25) is 0 Å². The summed E-state index contributed by atoms with van der Waals surface area (Å²) in [6, 6.07) is 2.24. The Labute approximate surface area is 120 Å². The van der Waals surface area contributed by atoms with E-state index in [1.165, 1.54) is 25.7 Å². The monoisotopic (exact) mass is 275 g/mol. The molecule has 1 aromatic heterocycles. The standard InChI is InChI=1S/C16H25N3O/c1-11-7-8-19(14-6-4-3-5-13(11)14)16(20)15-9-12(17)10-18(15)2/h9-11,13-14H,3-8,17H2,1-2H3. The van der Waals surface area contributed by atoms with Crippen LogP contribution in [0.25, 0.3) is 0 Å². The predicted octanol–water partition coefficient (Wildman–Crippen LogP) is 2.65. The fourth-order valence-electron chi connectivity index (χ4n) is 4.12. The maximum absolute atomic E-state index is 12.8. The van der Waals surface area contributed by atoms with E-state index in [-0.39, 0.29) is 5.91 Å². The third-order valence-electron chi connectivity index (χ3n) is 5.24. The summed E-state index contributed by atoms with van der Waals surface area (Å²) in [5.41, 5.74) is 7.20. The van der Waals surface area contributed by atoms with Gasteiger partial charge in [0.05, 0.1) is 5.69 Å². The topological polar surface area (TPSA) is 51.3 Å². The van der Waals surface area contributed by atoms with Gasteiger partial charge in [0.15, 0.2) is 0 Å². The van der Waals surface area contributed by atoms with Crippen LogP contribution in [0.2, 0.25) is 0 Å². The molecule has 3 unspecified atom stereocenters. The molecule has 1 amide bonds. The summed E-state index contributed by atoms with van der Waals surface area (Å²) in [6.07, 6.45) is 7.98. The summed E-state index contributed by atoms with van der Waals surface area (Å²) in [5, 5.41) is 0. The van der Waals surface area contributed by atoms with Crippen molar-refractivity contribution in [2.24, 2.45) is 18.9 Å². The van der Waals surface area contributed by atoms with Crippen LogP contribution in [-0.4, -0.2) is 28.0 Å². The van der Waals surface area contributed by atoms with Crippen LogP contribution in [0.5, 0.6) is 0 Å². The number of amides is 1. The van der Waals surface area contributed by atoms with E-state index in [1.807, 2.05) is 17.8 Å². The fourth-order valence-corrected chi connectivity index (χ4v) is 4.12. The lowest BCUT2D eigenvalue weighted by atomic mass is 9.72. The van der Waals surface area contributed by atoms with Crippen molar-refractivity contribution in [2.45, 2.75) is 45.1 Å². The molecule has 1 saturated carbocycles. The van der Waals surface area contributed by atoms with Crippen molar-refractivity contribution in [1.29, 1.82) is 0 Å². The maximum Gasteiger partial charge on any atom is 0.270 e. The van der Waals surface area contributed by atoms with Gasteiger partial charge in [0, 0.05) is 25.8 Å². The number of piperidine rings is 1. The normalized spacial score (nSPS) is 30.1. The van der Waals surface area contributed by atoms with Crippen LogP contribution in [0, 0.1) is 11.8 Å². The highest BCUT2D eigenvalue weighted by molar-refractivity contribution is 5.94. The number of nitrogens with two attached hydrogens (primary N) is 1. The van der Waals surface area contributed by atoms with Crippen molar-refractivity contribution in [3.05, 3.63) is 18.0 Å². The van der Waals surface area contributed by atoms with Gasteiger partial charge in [0.1, 0.15) is 5.69 Å². The molecule has 0 aromatic carbocycles. The number of carbonyl (C=O) groups excluding carboxylic acids is 1. The molecular formula is C16H25N3O. The number of carbonyl (C=O) groups is 1. The van der Waals surface area contributed by atoms with Crippen LogP contribution in [0.3, 0.4) is 0 Å². The number of aryl methyl sites for hydroxylation is 1. The SMILES string of the molecule is CC1CCN(C(=O)c2cc(N)cn2C)C2CCCCC12. The average Bonchev–Trinajstić information content (AvgIpc) is 2.78. The number of anilines is 1. The van der Waals surface area contributed by atoms with Gasteiger partial charge in [-0.2, -0.15) is 0 Å². The summed E-state index contributed by atoms with van der Waals surface area (Å²) in [4.78, 5) is 15.0. The molecule has 2 aliphatic rings. The van der Waals surface area contributed by atoms with Gasteiger partial charge < -0.3 is 15.2 Å². The molecule has 2 heterocycles. The number of hydrogen-bond donors (Lipinski definition) is 1. The summed E-state index contributed by atoms with van der Waals surface area (Å²) >= 11 is 0. The Kier molecular flexibility index (Phi) is 3.48. The molecule has 3 rings (SSSR count). The zero-order chi connectivity index (χ0) is 14.3. The van der Waals surface area contributed by atoms with Crippen LogP contribution in [0.1, 0.15) is 49.5 Å². The number of hydrogen-bond acceptors (Lipinski definition) is 2. The second kappa shape index (κ2) is 5.15. The predicted molar refractivity (Wildman–Crippen MR) is 80.4 cm³/mol. The molecule has 110 valence electrons. The second-order valence-electron chi connectivity index (χ2n) is 6.55. The van der Waals surface area contributed by atoms with Crippen LogP contribution in [-0.2, 0) is 7.05 Å². The highest BCUT2D eigenvalue weighted by Crippen LogP contribution is 2.39. The molecule has 0 radical (unpaired) electrons. The molecule has 1 aliphatic carbocycles. The lowest BCUT2D eigenvalue weighted by Gasteiger charge is -2.47. The molecule has 20 heavy (non-hydrogen) atoms. The zero-order valence-corrected chi connectivity index (χ0v) is 12.5. The lowest BCUT2D eigenvalue weighted by molar-refractivity contribution is 0.0210. The minimum Gasteiger partial charge on any atom is -0.397 e. The number of rotatable bonds is 1. The molecule has 1 aromatic rings. The van der Waals surface area contributed by atoms with Crippen molar-refractivity contribution in [2.75, 3.05) is 12.3 Å². The Hall–Kier alpha value is -1.45. The van der Waals surface area contributed by atoms with Crippen LogP contribution < -0.4 is 5.73 Å². The first kappa shape index (κ1) is 13.5. The largest absolute Gasteiger partial charge is 0.397 e. The van der Waals surface area contributed by atoms with Gasteiger partial charge in [-0.15, -0.1) is 0 Å². The summed E-state index contributed by atoms with van der Waals surface area (Å²) in [6.45, 7) is 3.25.